The van der Waals surface area contributed by atoms with Gasteiger partial charge in [-0.25, -0.2) is 0 Å². The fraction of sp³-hybridized carbons (Fsp3) is 0.227. The Hall–Kier alpha value is -2.89. The number of H-pyrrole nitrogens is 1. The van der Waals surface area contributed by atoms with Crippen LogP contribution >= 0.6 is 0 Å². The minimum atomic E-state index is -0.760. The van der Waals surface area contributed by atoms with Crippen molar-refractivity contribution in [2.24, 2.45) is 5.73 Å². The lowest BCUT2D eigenvalue weighted by atomic mass is 9.95. The molecule has 3 aromatic rings. The maximum atomic E-state index is 12.6. The van der Waals surface area contributed by atoms with Crippen molar-refractivity contribution < 1.29 is 9.90 Å². The number of carbonyl (C=O) groups excluding carboxylic acids is 1. The van der Waals surface area contributed by atoms with E-state index in [-0.39, 0.29) is 5.78 Å². The molecule has 1 unspecified atom stereocenters. The third-order valence-electron chi connectivity index (χ3n) is 4.57. The number of aromatic amines is 1. The van der Waals surface area contributed by atoms with Crippen LogP contribution in [0.25, 0.3) is 22.2 Å². The van der Waals surface area contributed by atoms with Crippen molar-refractivity contribution >= 4 is 28.0 Å². The minimum absolute atomic E-state index is 0.152. The van der Waals surface area contributed by atoms with Crippen molar-refractivity contribution in [3.63, 3.8) is 0 Å². The van der Waals surface area contributed by atoms with Crippen LogP contribution in [0.2, 0.25) is 0 Å². The second-order valence-corrected chi connectivity index (χ2v) is 6.95. The molecule has 1 aromatic heterocycles. The minimum Gasteiger partial charge on any atom is -0.398 e. The number of carbonyl (C=O) groups is 1. The van der Waals surface area contributed by atoms with Gasteiger partial charge in [0.05, 0.1) is 23.1 Å². The van der Waals surface area contributed by atoms with Crippen LogP contribution in [-0.2, 0) is 4.79 Å². The first-order valence-corrected chi connectivity index (χ1v) is 8.90. The first-order valence-electron chi connectivity index (χ1n) is 8.90. The number of nitrogens with one attached hydrogen (secondary N) is 1. The van der Waals surface area contributed by atoms with E-state index in [0.29, 0.717) is 29.1 Å². The molecule has 5 heteroatoms. The summed E-state index contributed by atoms with van der Waals surface area (Å²) in [6, 6.07) is 17.1. The standard InChI is InChI=1S/C22H25N3O2/c1-14(26)19(21(23)15-9-5-4-6-10-15)22-20(18(27)13-25(2)3)16-11-7-8-12-17(16)24-22/h4-12,18,24,27H,13,23H2,1-3H3. The van der Waals surface area contributed by atoms with Crippen LogP contribution in [-0.4, -0.2) is 41.4 Å². The fourth-order valence-electron chi connectivity index (χ4n) is 3.41. The van der Waals surface area contributed by atoms with E-state index in [2.05, 4.69) is 4.98 Å². The summed E-state index contributed by atoms with van der Waals surface area (Å²) >= 11 is 0. The number of aliphatic hydroxyl groups is 1. The molecule has 0 radical (unpaired) electrons. The van der Waals surface area contributed by atoms with E-state index >= 15 is 0 Å². The number of aliphatic hydroxyl groups excluding tert-OH is 1. The summed E-state index contributed by atoms with van der Waals surface area (Å²) < 4.78 is 0. The molecule has 0 saturated carbocycles. The molecule has 5 nitrogen and oxygen atoms in total. The van der Waals surface area contributed by atoms with E-state index in [1.165, 1.54) is 6.92 Å². The van der Waals surface area contributed by atoms with E-state index in [0.717, 1.165) is 16.5 Å². The summed E-state index contributed by atoms with van der Waals surface area (Å²) in [4.78, 5) is 17.8. The molecule has 0 aliphatic carbocycles. The van der Waals surface area contributed by atoms with Crippen molar-refractivity contribution in [3.8, 4) is 0 Å². The topological polar surface area (TPSA) is 82.3 Å². The van der Waals surface area contributed by atoms with Crippen LogP contribution in [0.1, 0.15) is 29.8 Å². The maximum absolute atomic E-state index is 12.6. The van der Waals surface area contributed by atoms with Crippen molar-refractivity contribution in [2.75, 3.05) is 20.6 Å². The van der Waals surface area contributed by atoms with Gasteiger partial charge < -0.3 is 20.7 Å². The second kappa shape index (κ2) is 7.78. The molecular weight excluding hydrogens is 338 g/mol. The summed E-state index contributed by atoms with van der Waals surface area (Å²) in [7, 11) is 3.80. The highest BCUT2D eigenvalue weighted by molar-refractivity contribution is 6.27. The number of fused-ring (bicyclic) bond motifs is 1. The Bertz CT molecular complexity index is 987. The van der Waals surface area contributed by atoms with Gasteiger partial charge in [0, 0.05) is 23.0 Å². The van der Waals surface area contributed by atoms with Gasteiger partial charge in [-0.1, -0.05) is 48.5 Å². The zero-order chi connectivity index (χ0) is 19.6. The quantitative estimate of drug-likeness (QED) is 0.588. The van der Waals surface area contributed by atoms with Gasteiger partial charge in [-0.15, -0.1) is 0 Å². The van der Waals surface area contributed by atoms with Crippen LogP contribution < -0.4 is 5.73 Å². The Labute approximate surface area is 159 Å². The summed E-state index contributed by atoms with van der Waals surface area (Å²) in [5.74, 6) is -0.152. The molecule has 2 aromatic carbocycles. The number of nitrogens with zero attached hydrogens (tertiary/aromatic N) is 1. The molecule has 1 heterocycles. The molecule has 0 aliphatic rings. The predicted molar refractivity (Wildman–Crippen MR) is 110 cm³/mol. The van der Waals surface area contributed by atoms with E-state index in [1.807, 2.05) is 73.6 Å². The second-order valence-electron chi connectivity index (χ2n) is 6.95. The van der Waals surface area contributed by atoms with Crippen LogP contribution in [0.4, 0.5) is 0 Å². The van der Waals surface area contributed by atoms with Crippen LogP contribution in [0.5, 0.6) is 0 Å². The van der Waals surface area contributed by atoms with Crippen LogP contribution in [0.15, 0.2) is 54.6 Å². The number of hydrogen-bond donors (Lipinski definition) is 3. The first-order chi connectivity index (χ1) is 12.9. The number of aromatic nitrogens is 1. The van der Waals surface area contributed by atoms with Gasteiger partial charge in [-0.2, -0.15) is 0 Å². The van der Waals surface area contributed by atoms with Crippen molar-refractivity contribution in [1.29, 1.82) is 0 Å². The molecule has 0 fully saturated rings. The number of likely N-dealkylation sites (N-methyl/N-ethyl adjacent to an activating group) is 1. The molecular formula is C22H25N3O2. The van der Waals surface area contributed by atoms with Gasteiger partial charge in [0.2, 0.25) is 0 Å². The van der Waals surface area contributed by atoms with E-state index < -0.39 is 6.10 Å². The van der Waals surface area contributed by atoms with E-state index in [4.69, 9.17) is 5.73 Å². The third-order valence-corrected chi connectivity index (χ3v) is 4.57. The molecule has 27 heavy (non-hydrogen) atoms. The van der Waals surface area contributed by atoms with Gasteiger partial charge in [0.1, 0.15) is 0 Å². The Kier molecular flexibility index (Phi) is 5.44. The number of Topliss-reactive ketones (excluding diaryl/α,β-unsaturated/α-hetero) is 1. The number of hydrogen-bond acceptors (Lipinski definition) is 4. The van der Waals surface area contributed by atoms with Gasteiger partial charge in [-0.3, -0.25) is 4.79 Å². The van der Waals surface area contributed by atoms with Gasteiger partial charge in [0.15, 0.2) is 5.78 Å². The molecule has 3 rings (SSSR count). The molecule has 1 atom stereocenters. The number of rotatable bonds is 6. The smallest absolute Gasteiger partial charge is 0.164 e. The highest BCUT2D eigenvalue weighted by Crippen LogP contribution is 2.35. The highest BCUT2D eigenvalue weighted by Gasteiger charge is 2.25. The SMILES string of the molecule is CC(=O)C(=C(N)c1ccccc1)c1[nH]c2ccccc2c1C(O)CN(C)C. The van der Waals surface area contributed by atoms with Crippen LogP contribution in [0, 0.1) is 0 Å². The van der Waals surface area contributed by atoms with Gasteiger partial charge >= 0.3 is 0 Å². The van der Waals surface area contributed by atoms with Crippen molar-refractivity contribution in [2.45, 2.75) is 13.0 Å². The summed E-state index contributed by atoms with van der Waals surface area (Å²) in [6.45, 7) is 1.93. The maximum Gasteiger partial charge on any atom is 0.164 e. The average Bonchev–Trinajstić information content (AvgIpc) is 3.00. The lowest BCUT2D eigenvalue weighted by molar-refractivity contribution is -0.111. The lowest BCUT2D eigenvalue weighted by Gasteiger charge is -2.18. The zero-order valence-electron chi connectivity index (χ0n) is 15.9. The normalized spacial score (nSPS) is 13.7. The highest BCUT2D eigenvalue weighted by atomic mass is 16.3. The van der Waals surface area contributed by atoms with Gasteiger partial charge in [-0.05, 0) is 32.6 Å². The van der Waals surface area contributed by atoms with E-state index in [1.54, 1.807) is 0 Å². The van der Waals surface area contributed by atoms with Crippen molar-refractivity contribution in [1.82, 2.24) is 9.88 Å². The van der Waals surface area contributed by atoms with Gasteiger partial charge in [0.25, 0.3) is 0 Å². The van der Waals surface area contributed by atoms with Crippen LogP contribution in [0.3, 0.4) is 0 Å². The number of nitrogens with two attached hydrogens (primary N) is 1. The summed E-state index contributed by atoms with van der Waals surface area (Å²) in [5.41, 5.74) is 10.1. The van der Waals surface area contributed by atoms with Crippen molar-refractivity contribution in [3.05, 3.63) is 71.4 Å². The third kappa shape index (κ3) is 3.79. The number of ketones is 1. The number of para-hydroxylation sites is 1. The molecule has 140 valence electrons. The Morgan fingerprint density at radius 2 is 1.74 bits per heavy atom. The largest absolute Gasteiger partial charge is 0.398 e. The lowest BCUT2D eigenvalue weighted by Crippen LogP contribution is -2.21. The molecule has 0 bridgehead atoms. The zero-order valence-corrected chi connectivity index (χ0v) is 15.9. The molecule has 0 amide bonds. The number of benzene rings is 2. The Balaban J connectivity index is 2.29. The molecule has 0 spiro atoms. The van der Waals surface area contributed by atoms with E-state index in [9.17, 15) is 9.90 Å². The molecule has 4 N–H and O–H groups in total. The molecule has 0 aliphatic heterocycles. The summed E-state index contributed by atoms with van der Waals surface area (Å²) in [5, 5.41) is 11.8. The Morgan fingerprint density at radius 1 is 1.11 bits per heavy atom. The molecule has 0 saturated heterocycles. The fourth-order valence-corrected chi connectivity index (χ4v) is 3.41. The average molecular weight is 363 g/mol. The predicted octanol–water partition coefficient (Wildman–Crippen LogP) is 3.18. The first kappa shape index (κ1) is 18.9. The monoisotopic (exact) mass is 363 g/mol. The number of allylic oxidation sites excluding steroid dienone is 1. The Morgan fingerprint density at radius 3 is 2.37 bits per heavy atom. The summed E-state index contributed by atoms with van der Waals surface area (Å²) in [6.07, 6.45) is -0.760.